The van der Waals surface area contributed by atoms with Gasteiger partial charge in [-0.1, -0.05) is 49.6 Å². The number of likely N-dealkylation sites (tertiary alicyclic amines) is 2. The zero-order valence-electron chi connectivity index (χ0n) is 17.4. The molecule has 1 aliphatic carbocycles. The summed E-state index contributed by atoms with van der Waals surface area (Å²) >= 11 is 0. The summed E-state index contributed by atoms with van der Waals surface area (Å²) in [5.74, 6) is 0.396. The highest BCUT2D eigenvalue weighted by Gasteiger charge is 2.62. The van der Waals surface area contributed by atoms with Crippen molar-refractivity contribution in [3.63, 3.8) is 0 Å². The Morgan fingerprint density at radius 2 is 1.70 bits per heavy atom. The Kier molecular flexibility index (Phi) is 5.05. The van der Waals surface area contributed by atoms with Gasteiger partial charge in [-0.05, 0) is 43.4 Å². The van der Waals surface area contributed by atoms with Gasteiger partial charge in [-0.25, -0.2) is 0 Å². The van der Waals surface area contributed by atoms with Gasteiger partial charge in [-0.3, -0.25) is 14.6 Å². The highest BCUT2D eigenvalue weighted by molar-refractivity contribution is 5.94. The molecule has 156 valence electrons. The lowest BCUT2D eigenvalue weighted by atomic mass is 9.59. The number of carbonyl (C=O) groups is 2. The van der Waals surface area contributed by atoms with Crippen molar-refractivity contribution in [1.82, 2.24) is 14.8 Å². The van der Waals surface area contributed by atoms with Gasteiger partial charge < -0.3 is 9.80 Å². The minimum Gasteiger partial charge on any atom is -0.338 e. The SMILES string of the molecule is O=C(c1cccnc1)N1CCC(N2C(=O)C3(CCCCC3)C2c2ccccc2)CC1. The molecule has 1 spiro atoms. The van der Waals surface area contributed by atoms with Crippen LogP contribution in [-0.2, 0) is 4.79 Å². The van der Waals surface area contributed by atoms with Crippen LogP contribution in [0, 0.1) is 5.41 Å². The fraction of sp³-hybridized carbons (Fsp3) is 0.480. The third-order valence-corrected chi connectivity index (χ3v) is 7.38. The van der Waals surface area contributed by atoms with Gasteiger partial charge in [0, 0.05) is 31.5 Å². The number of hydrogen-bond acceptors (Lipinski definition) is 3. The fourth-order valence-corrected chi connectivity index (χ4v) is 5.87. The molecule has 1 atom stereocenters. The van der Waals surface area contributed by atoms with Crippen LogP contribution in [0.5, 0.6) is 0 Å². The van der Waals surface area contributed by atoms with Crippen molar-refractivity contribution in [3.05, 3.63) is 66.0 Å². The van der Waals surface area contributed by atoms with Gasteiger partial charge in [0.2, 0.25) is 5.91 Å². The van der Waals surface area contributed by atoms with Gasteiger partial charge in [0.25, 0.3) is 5.91 Å². The van der Waals surface area contributed by atoms with Crippen LogP contribution in [0.3, 0.4) is 0 Å². The first-order valence-corrected chi connectivity index (χ1v) is 11.3. The maximum Gasteiger partial charge on any atom is 0.255 e. The van der Waals surface area contributed by atoms with Crippen molar-refractivity contribution in [2.24, 2.45) is 5.41 Å². The topological polar surface area (TPSA) is 53.5 Å². The number of β-lactam (4-membered cyclic amide) rings is 1. The molecule has 3 aliphatic rings. The average molecular weight is 404 g/mol. The van der Waals surface area contributed by atoms with E-state index in [0.717, 1.165) is 38.5 Å². The molecule has 1 unspecified atom stereocenters. The Morgan fingerprint density at radius 1 is 0.967 bits per heavy atom. The highest BCUT2D eigenvalue weighted by Crippen LogP contribution is 2.59. The van der Waals surface area contributed by atoms with Crippen molar-refractivity contribution >= 4 is 11.8 Å². The smallest absolute Gasteiger partial charge is 0.255 e. The summed E-state index contributed by atoms with van der Waals surface area (Å²) in [6.45, 7) is 1.38. The Morgan fingerprint density at radius 3 is 2.37 bits per heavy atom. The quantitative estimate of drug-likeness (QED) is 0.721. The van der Waals surface area contributed by atoms with Gasteiger partial charge in [0.05, 0.1) is 17.0 Å². The number of nitrogens with zero attached hydrogens (tertiary/aromatic N) is 3. The van der Waals surface area contributed by atoms with E-state index in [0.29, 0.717) is 24.6 Å². The summed E-state index contributed by atoms with van der Waals surface area (Å²) in [5.41, 5.74) is 1.72. The number of hydrogen-bond donors (Lipinski definition) is 0. The molecule has 5 rings (SSSR count). The van der Waals surface area contributed by atoms with Crippen LogP contribution in [0.25, 0.3) is 0 Å². The number of amides is 2. The summed E-state index contributed by atoms with van der Waals surface area (Å²) in [6.07, 6.45) is 10.6. The van der Waals surface area contributed by atoms with Gasteiger partial charge in [-0.15, -0.1) is 0 Å². The molecule has 3 fully saturated rings. The van der Waals surface area contributed by atoms with Crippen molar-refractivity contribution in [1.29, 1.82) is 0 Å². The average Bonchev–Trinajstić information content (AvgIpc) is 2.83. The summed E-state index contributed by atoms with van der Waals surface area (Å²) in [7, 11) is 0. The minimum absolute atomic E-state index is 0.0415. The first kappa shape index (κ1) is 19.3. The minimum atomic E-state index is -0.192. The summed E-state index contributed by atoms with van der Waals surface area (Å²) in [6, 6.07) is 14.6. The number of benzene rings is 1. The van der Waals surface area contributed by atoms with E-state index in [-0.39, 0.29) is 23.4 Å². The monoisotopic (exact) mass is 403 g/mol. The molecule has 2 amide bonds. The van der Waals surface area contributed by atoms with Crippen LogP contribution in [0.1, 0.15) is 66.9 Å². The molecule has 5 nitrogen and oxygen atoms in total. The normalized spacial score (nSPS) is 24.0. The summed E-state index contributed by atoms with van der Waals surface area (Å²) < 4.78 is 0. The second kappa shape index (κ2) is 7.86. The molecule has 1 aromatic carbocycles. The largest absolute Gasteiger partial charge is 0.338 e. The standard InChI is InChI=1S/C25H29N3O2/c29-23(20-10-7-15-26-18-20)27-16-11-21(12-17-27)28-22(19-8-3-1-4-9-19)25(24(28)30)13-5-2-6-14-25/h1,3-4,7-10,15,18,21-22H,2,5-6,11-14,16-17H2. The van der Waals surface area contributed by atoms with E-state index in [1.54, 1.807) is 18.5 Å². The maximum absolute atomic E-state index is 13.5. The molecule has 0 bridgehead atoms. The van der Waals surface area contributed by atoms with E-state index in [9.17, 15) is 9.59 Å². The van der Waals surface area contributed by atoms with Gasteiger partial charge in [-0.2, -0.15) is 0 Å². The first-order valence-electron chi connectivity index (χ1n) is 11.3. The summed E-state index contributed by atoms with van der Waals surface area (Å²) in [4.78, 5) is 34.4. The van der Waals surface area contributed by atoms with Gasteiger partial charge in [0.15, 0.2) is 0 Å². The van der Waals surface area contributed by atoms with E-state index >= 15 is 0 Å². The lowest BCUT2D eigenvalue weighted by molar-refractivity contribution is -0.186. The number of carbonyl (C=O) groups excluding carboxylic acids is 2. The molecule has 2 saturated heterocycles. The Balaban J connectivity index is 1.33. The van der Waals surface area contributed by atoms with E-state index in [2.05, 4.69) is 34.1 Å². The van der Waals surface area contributed by atoms with Crippen LogP contribution < -0.4 is 0 Å². The predicted molar refractivity (Wildman–Crippen MR) is 115 cm³/mol. The van der Waals surface area contributed by atoms with Crippen LogP contribution in [0.2, 0.25) is 0 Å². The first-order chi connectivity index (χ1) is 14.7. The lowest BCUT2D eigenvalue weighted by Gasteiger charge is -2.61. The third-order valence-electron chi connectivity index (χ3n) is 7.38. The third kappa shape index (κ3) is 3.11. The fourth-order valence-electron chi connectivity index (χ4n) is 5.87. The number of pyridine rings is 1. The molecule has 0 N–H and O–H groups in total. The second-order valence-electron chi connectivity index (χ2n) is 9.01. The molecular weight excluding hydrogens is 374 g/mol. The van der Waals surface area contributed by atoms with Crippen LogP contribution in [-0.4, -0.2) is 45.7 Å². The number of rotatable bonds is 3. The van der Waals surface area contributed by atoms with Gasteiger partial charge >= 0.3 is 0 Å². The Labute approximate surface area is 178 Å². The zero-order chi connectivity index (χ0) is 20.6. The molecular formula is C25H29N3O2. The Bertz CT molecular complexity index is 901. The second-order valence-corrected chi connectivity index (χ2v) is 9.01. The molecule has 1 aromatic heterocycles. The molecule has 3 heterocycles. The molecule has 0 radical (unpaired) electrons. The van der Waals surface area contributed by atoms with Gasteiger partial charge in [0.1, 0.15) is 0 Å². The van der Waals surface area contributed by atoms with Crippen molar-refractivity contribution in [2.75, 3.05) is 13.1 Å². The van der Waals surface area contributed by atoms with Crippen molar-refractivity contribution in [3.8, 4) is 0 Å². The molecule has 2 aliphatic heterocycles. The van der Waals surface area contributed by atoms with Crippen LogP contribution >= 0.6 is 0 Å². The van der Waals surface area contributed by atoms with E-state index in [4.69, 9.17) is 0 Å². The molecule has 1 saturated carbocycles. The number of aromatic nitrogens is 1. The van der Waals surface area contributed by atoms with Crippen LogP contribution in [0.15, 0.2) is 54.9 Å². The molecule has 2 aromatic rings. The lowest BCUT2D eigenvalue weighted by Crippen LogP contribution is -2.67. The zero-order valence-corrected chi connectivity index (χ0v) is 17.4. The van der Waals surface area contributed by atoms with E-state index in [1.165, 1.54) is 12.0 Å². The Hall–Kier alpha value is -2.69. The maximum atomic E-state index is 13.5. The molecule has 5 heteroatoms. The van der Waals surface area contributed by atoms with Crippen molar-refractivity contribution < 1.29 is 9.59 Å². The van der Waals surface area contributed by atoms with E-state index < -0.39 is 0 Å². The number of piperidine rings is 1. The highest BCUT2D eigenvalue weighted by atomic mass is 16.2. The van der Waals surface area contributed by atoms with Crippen LogP contribution in [0.4, 0.5) is 0 Å². The summed E-state index contributed by atoms with van der Waals surface area (Å²) in [5, 5.41) is 0. The predicted octanol–water partition coefficient (Wildman–Crippen LogP) is 4.22. The molecule has 30 heavy (non-hydrogen) atoms. The van der Waals surface area contributed by atoms with Crippen molar-refractivity contribution in [2.45, 2.75) is 57.0 Å². The van der Waals surface area contributed by atoms with E-state index in [1.807, 2.05) is 17.0 Å².